The Morgan fingerprint density at radius 1 is 0.833 bits per heavy atom. The van der Waals surface area contributed by atoms with Gasteiger partial charge in [0.05, 0.1) is 0 Å². The first-order valence-corrected chi connectivity index (χ1v) is 8.10. The molecule has 18 heavy (non-hydrogen) atoms. The molecule has 2 aliphatic rings. The molecule has 0 aromatic carbocycles. The highest BCUT2D eigenvalue weighted by Crippen LogP contribution is 2.13. The van der Waals surface area contributed by atoms with Crippen molar-refractivity contribution in [2.24, 2.45) is 0 Å². The van der Waals surface area contributed by atoms with Crippen LogP contribution in [0.2, 0.25) is 0 Å². The van der Waals surface area contributed by atoms with Gasteiger partial charge in [0.25, 0.3) is 0 Å². The summed E-state index contributed by atoms with van der Waals surface area (Å²) in [6.45, 7) is 2.34. The summed E-state index contributed by atoms with van der Waals surface area (Å²) in [5, 5.41) is 0. The lowest BCUT2D eigenvalue weighted by molar-refractivity contribution is 0.191. The van der Waals surface area contributed by atoms with Crippen LogP contribution < -0.4 is 4.72 Å². The van der Waals surface area contributed by atoms with E-state index in [0.717, 1.165) is 38.5 Å². The van der Waals surface area contributed by atoms with Gasteiger partial charge in [-0.25, -0.2) is 9.52 Å². The average Bonchev–Trinajstić information content (AvgIpc) is 2.40. The van der Waals surface area contributed by atoms with Crippen LogP contribution in [0.3, 0.4) is 0 Å². The Balaban J connectivity index is 1.92. The summed E-state index contributed by atoms with van der Waals surface area (Å²) in [4.78, 5) is 13.5. The standard InChI is InChI=1S/C11H21N3O3S/c15-11(13-7-3-1-4-8-13)12-18(16,17)14-9-5-2-6-10-14/h1-10H2,(H,12,15). The van der Waals surface area contributed by atoms with E-state index in [0.29, 0.717) is 26.2 Å². The van der Waals surface area contributed by atoms with Crippen LogP contribution in [0.5, 0.6) is 0 Å². The molecule has 2 rings (SSSR count). The molecule has 104 valence electrons. The number of likely N-dealkylation sites (tertiary alicyclic amines) is 1. The van der Waals surface area contributed by atoms with E-state index >= 15 is 0 Å². The van der Waals surface area contributed by atoms with Crippen molar-refractivity contribution in [3.8, 4) is 0 Å². The van der Waals surface area contributed by atoms with Crippen LogP contribution >= 0.6 is 0 Å². The van der Waals surface area contributed by atoms with Crippen molar-refractivity contribution in [3.05, 3.63) is 0 Å². The summed E-state index contributed by atoms with van der Waals surface area (Å²) >= 11 is 0. The van der Waals surface area contributed by atoms with Crippen LogP contribution in [0.25, 0.3) is 0 Å². The maximum atomic E-state index is 12.0. The number of amides is 2. The van der Waals surface area contributed by atoms with Crippen molar-refractivity contribution >= 4 is 16.2 Å². The minimum atomic E-state index is -3.64. The third kappa shape index (κ3) is 3.35. The summed E-state index contributed by atoms with van der Waals surface area (Å²) in [5.41, 5.74) is 0. The molecule has 1 N–H and O–H groups in total. The number of nitrogens with zero attached hydrogens (tertiary/aromatic N) is 2. The van der Waals surface area contributed by atoms with Gasteiger partial charge < -0.3 is 4.90 Å². The topological polar surface area (TPSA) is 69.7 Å². The number of hydrogen-bond acceptors (Lipinski definition) is 3. The number of rotatable bonds is 2. The molecule has 0 spiro atoms. The van der Waals surface area contributed by atoms with E-state index in [2.05, 4.69) is 4.72 Å². The van der Waals surface area contributed by atoms with Gasteiger partial charge in [-0.15, -0.1) is 0 Å². The zero-order valence-electron chi connectivity index (χ0n) is 10.6. The number of nitrogens with one attached hydrogen (secondary N) is 1. The van der Waals surface area contributed by atoms with Crippen LogP contribution in [-0.2, 0) is 10.2 Å². The predicted octanol–water partition coefficient (Wildman–Crippen LogP) is 0.913. The molecule has 2 aliphatic heterocycles. The average molecular weight is 275 g/mol. The Morgan fingerprint density at radius 2 is 1.33 bits per heavy atom. The molecule has 0 aromatic heterocycles. The van der Waals surface area contributed by atoms with Gasteiger partial charge in [0, 0.05) is 26.2 Å². The lowest BCUT2D eigenvalue weighted by Gasteiger charge is -2.30. The van der Waals surface area contributed by atoms with Crippen LogP contribution in [0.4, 0.5) is 4.79 Å². The lowest BCUT2D eigenvalue weighted by Crippen LogP contribution is -2.51. The van der Waals surface area contributed by atoms with Gasteiger partial charge >= 0.3 is 16.2 Å². The largest absolute Gasteiger partial charge is 0.332 e. The summed E-state index contributed by atoms with van der Waals surface area (Å²) < 4.78 is 27.6. The Morgan fingerprint density at radius 3 is 1.89 bits per heavy atom. The fraction of sp³-hybridized carbons (Fsp3) is 0.909. The van der Waals surface area contributed by atoms with Gasteiger partial charge in [-0.3, -0.25) is 0 Å². The minimum Gasteiger partial charge on any atom is -0.324 e. The molecule has 2 heterocycles. The Kier molecular flexibility index (Phi) is 4.45. The number of urea groups is 1. The molecule has 0 aromatic rings. The second-order valence-corrected chi connectivity index (χ2v) is 6.59. The van der Waals surface area contributed by atoms with E-state index < -0.39 is 16.2 Å². The van der Waals surface area contributed by atoms with Crippen molar-refractivity contribution in [1.82, 2.24) is 13.9 Å². The second kappa shape index (κ2) is 5.88. The second-order valence-electron chi connectivity index (χ2n) is 4.92. The molecule has 0 saturated carbocycles. The first-order valence-electron chi connectivity index (χ1n) is 6.66. The number of piperidine rings is 2. The highest BCUT2D eigenvalue weighted by atomic mass is 32.2. The van der Waals surface area contributed by atoms with Crippen molar-refractivity contribution < 1.29 is 13.2 Å². The highest BCUT2D eigenvalue weighted by molar-refractivity contribution is 7.87. The smallest absolute Gasteiger partial charge is 0.324 e. The van der Waals surface area contributed by atoms with E-state index in [1.807, 2.05) is 0 Å². The van der Waals surface area contributed by atoms with E-state index in [1.54, 1.807) is 4.90 Å². The zero-order chi connectivity index (χ0) is 13.0. The molecular formula is C11H21N3O3S. The summed E-state index contributed by atoms with van der Waals surface area (Å²) in [6, 6.07) is -0.472. The van der Waals surface area contributed by atoms with E-state index in [-0.39, 0.29) is 0 Å². The third-order valence-corrected chi connectivity index (χ3v) is 4.99. The van der Waals surface area contributed by atoms with Gasteiger partial charge in [-0.1, -0.05) is 6.42 Å². The fourth-order valence-electron chi connectivity index (χ4n) is 2.44. The normalized spacial score (nSPS) is 22.8. The molecule has 0 radical (unpaired) electrons. The molecule has 0 aliphatic carbocycles. The molecule has 7 heteroatoms. The van der Waals surface area contributed by atoms with Crippen molar-refractivity contribution in [3.63, 3.8) is 0 Å². The van der Waals surface area contributed by atoms with Crippen LogP contribution in [-0.4, -0.2) is 49.8 Å². The molecule has 0 atom stereocenters. The summed E-state index contributed by atoms with van der Waals surface area (Å²) in [7, 11) is -3.64. The molecule has 2 saturated heterocycles. The zero-order valence-corrected chi connectivity index (χ0v) is 11.4. The van der Waals surface area contributed by atoms with Crippen molar-refractivity contribution in [2.45, 2.75) is 38.5 Å². The summed E-state index contributed by atoms with van der Waals surface area (Å²) in [5.74, 6) is 0. The fourth-order valence-corrected chi connectivity index (χ4v) is 3.66. The van der Waals surface area contributed by atoms with Crippen LogP contribution in [0.15, 0.2) is 0 Å². The first-order chi connectivity index (χ1) is 8.59. The molecule has 0 unspecified atom stereocenters. The lowest BCUT2D eigenvalue weighted by atomic mass is 10.1. The molecule has 0 bridgehead atoms. The van der Waals surface area contributed by atoms with Gasteiger partial charge in [0.2, 0.25) is 0 Å². The number of carbonyl (C=O) groups is 1. The molecule has 6 nitrogen and oxygen atoms in total. The van der Waals surface area contributed by atoms with Crippen LogP contribution in [0.1, 0.15) is 38.5 Å². The van der Waals surface area contributed by atoms with Crippen molar-refractivity contribution in [1.29, 1.82) is 0 Å². The predicted molar refractivity (Wildman–Crippen MR) is 68.3 cm³/mol. The van der Waals surface area contributed by atoms with Gasteiger partial charge in [0.1, 0.15) is 0 Å². The van der Waals surface area contributed by atoms with E-state index in [1.165, 1.54) is 4.31 Å². The van der Waals surface area contributed by atoms with Gasteiger partial charge in [-0.05, 0) is 32.1 Å². The van der Waals surface area contributed by atoms with Crippen LogP contribution in [0, 0.1) is 0 Å². The Hall–Kier alpha value is -0.820. The number of hydrogen-bond donors (Lipinski definition) is 1. The monoisotopic (exact) mass is 275 g/mol. The van der Waals surface area contributed by atoms with Crippen molar-refractivity contribution in [2.75, 3.05) is 26.2 Å². The van der Waals surface area contributed by atoms with E-state index in [4.69, 9.17) is 0 Å². The maximum absolute atomic E-state index is 12.0. The maximum Gasteiger partial charge on any atom is 0.332 e. The molecular weight excluding hydrogens is 254 g/mol. The van der Waals surface area contributed by atoms with E-state index in [9.17, 15) is 13.2 Å². The van der Waals surface area contributed by atoms with Gasteiger partial charge in [-0.2, -0.15) is 12.7 Å². The summed E-state index contributed by atoms with van der Waals surface area (Å²) in [6.07, 6.45) is 5.83. The highest BCUT2D eigenvalue weighted by Gasteiger charge is 2.28. The first kappa shape index (κ1) is 13.6. The SMILES string of the molecule is O=C(NS(=O)(=O)N1CCCCC1)N1CCCCC1. The Bertz CT molecular complexity index is 384. The molecule has 2 fully saturated rings. The quantitative estimate of drug-likeness (QED) is 0.814. The Labute approximate surface area is 109 Å². The minimum absolute atomic E-state index is 0.472. The van der Waals surface area contributed by atoms with Gasteiger partial charge in [0.15, 0.2) is 0 Å². The molecule has 2 amide bonds. The third-order valence-electron chi connectivity index (χ3n) is 3.51. The number of carbonyl (C=O) groups excluding carboxylic acids is 1.